The first-order valence-corrected chi connectivity index (χ1v) is 6.03. The van der Waals surface area contributed by atoms with Crippen molar-refractivity contribution in [2.24, 2.45) is 7.05 Å². The van der Waals surface area contributed by atoms with Gasteiger partial charge in [-0.2, -0.15) is 10.4 Å². The second-order valence-corrected chi connectivity index (χ2v) is 4.64. The highest BCUT2D eigenvalue weighted by molar-refractivity contribution is 6.03. The molecule has 2 rings (SSSR count). The van der Waals surface area contributed by atoms with E-state index in [1.165, 1.54) is 0 Å². The van der Waals surface area contributed by atoms with E-state index in [0.717, 1.165) is 11.1 Å². The molecule has 0 N–H and O–H groups in total. The van der Waals surface area contributed by atoms with E-state index in [0.29, 0.717) is 11.3 Å². The van der Waals surface area contributed by atoms with Gasteiger partial charge in [0, 0.05) is 13.2 Å². The second-order valence-electron chi connectivity index (χ2n) is 4.64. The molecule has 96 valence electrons. The molecule has 1 atom stereocenters. The number of carbonyl (C=O) groups is 1. The Morgan fingerprint density at radius 2 is 2.16 bits per heavy atom. The number of hydrogen-bond acceptors (Lipinski definition) is 3. The van der Waals surface area contributed by atoms with Crippen molar-refractivity contribution < 1.29 is 4.79 Å². The summed E-state index contributed by atoms with van der Waals surface area (Å²) in [6, 6.07) is 9.58. The first kappa shape index (κ1) is 13.0. The molecule has 4 heteroatoms. The summed E-state index contributed by atoms with van der Waals surface area (Å²) >= 11 is 0. The van der Waals surface area contributed by atoms with Crippen LogP contribution in [-0.4, -0.2) is 15.6 Å². The van der Waals surface area contributed by atoms with Gasteiger partial charge in [0.1, 0.15) is 5.92 Å². The van der Waals surface area contributed by atoms with Gasteiger partial charge in [0.2, 0.25) is 0 Å². The van der Waals surface area contributed by atoms with E-state index >= 15 is 0 Å². The number of aryl methyl sites for hydroxylation is 3. The van der Waals surface area contributed by atoms with E-state index in [1.807, 2.05) is 31.2 Å². The maximum atomic E-state index is 12.4. The van der Waals surface area contributed by atoms with Crippen molar-refractivity contribution in [3.63, 3.8) is 0 Å². The summed E-state index contributed by atoms with van der Waals surface area (Å²) in [6.07, 6.45) is 1.66. The molecule has 0 saturated heterocycles. The molecular weight excluding hydrogens is 238 g/mol. The molecular formula is C15H15N3O. The van der Waals surface area contributed by atoms with E-state index in [9.17, 15) is 10.1 Å². The minimum Gasteiger partial charge on any atom is -0.292 e. The molecule has 0 spiro atoms. The smallest absolute Gasteiger partial charge is 0.187 e. The van der Waals surface area contributed by atoms with Crippen molar-refractivity contribution in [1.29, 1.82) is 5.26 Å². The summed E-state index contributed by atoms with van der Waals surface area (Å²) in [4.78, 5) is 12.4. The van der Waals surface area contributed by atoms with E-state index < -0.39 is 5.92 Å². The highest BCUT2D eigenvalue weighted by Crippen LogP contribution is 2.22. The Morgan fingerprint density at radius 3 is 2.68 bits per heavy atom. The number of carbonyl (C=O) groups excluding carboxylic acids is 1. The first-order valence-electron chi connectivity index (χ1n) is 6.03. The largest absolute Gasteiger partial charge is 0.292 e. The lowest BCUT2D eigenvalue weighted by molar-refractivity contribution is 0.0978. The summed E-state index contributed by atoms with van der Waals surface area (Å²) in [7, 11) is 1.76. The molecule has 0 radical (unpaired) electrons. The van der Waals surface area contributed by atoms with Gasteiger partial charge in [0.15, 0.2) is 5.78 Å². The molecule has 1 unspecified atom stereocenters. The Kier molecular flexibility index (Phi) is 3.48. The monoisotopic (exact) mass is 253 g/mol. The van der Waals surface area contributed by atoms with Gasteiger partial charge in [-0.15, -0.1) is 0 Å². The van der Waals surface area contributed by atoms with Crippen LogP contribution in [0.4, 0.5) is 0 Å². The normalized spacial score (nSPS) is 11.9. The first-order chi connectivity index (χ1) is 9.02. The zero-order valence-electron chi connectivity index (χ0n) is 11.2. The van der Waals surface area contributed by atoms with E-state index in [4.69, 9.17) is 0 Å². The van der Waals surface area contributed by atoms with Crippen LogP contribution in [0.1, 0.15) is 33.1 Å². The van der Waals surface area contributed by atoms with Crippen molar-refractivity contribution in [3.8, 4) is 6.07 Å². The molecule has 1 aromatic heterocycles. The predicted octanol–water partition coefficient (Wildman–Crippen LogP) is 2.53. The van der Waals surface area contributed by atoms with E-state index in [2.05, 4.69) is 11.2 Å². The van der Waals surface area contributed by atoms with Crippen LogP contribution in [0.5, 0.6) is 0 Å². The lowest BCUT2D eigenvalue weighted by Crippen LogP contribution is -2.12. The summed E-state index contributed by atoms with van der Waals surface area (Å²) in [5.41, 5.74) is 2.93. The molecule has 0 aliphatic carbocycles. The van der Waals surface area contributed by atoms with Crippen LogP contribution in [0.25, 0.3) is 0 Å². The van der Waals surface area contributed by atoms with Gasteiger partial charge < -0.3 is 0 Å². The third-order valence-electron chi connectivity index (χ3n) is 3.05. The van der Waals surface area contributed by atoms with Crippen molar-refractivity contribution in [2.45, 2.75) is 19.8 Å². The SMILES string of the molecule is Cc1cccc(C(C#N)C(=O)c2cn(C)nc2C)c1. The number of ketones is 1. The topological polar surface area (TPSA) is 58.7 Å². The van der Waals surface area contributed by atoms with Gasteiger partial charge >= 0.3 is 0 Å². The van der Waals surface area contributed by atoms with Gasteiger partial charge in [-0.3, -0.25) is 9.48 Å². The van der Waals surface area contributed by atoms with Crippen LogP contribution in [0.3, 0.4) is 0 Å². The summed E-state index contributed by atoms with van der Waals surface area (Å²) in [6.45, 7) is 3.72. The fourth-order valence-corrected chi connectivity index (χ4v) is 2.13. The third-order valence-corrected chi connectivity index (χ3v) is 3.05. The third kappa shape index (κ3) is 2.55. The number of hydrogen-bond donors (Lipinski definition) is 0. The fourth-order valence-electron chi connectivity index (χ4n) is 2.13. The van der Waals surface area contributed by atoms with Gasteiger partial charge in [0.05, 0.1) is 17.3 Å². The summed E-state index contributed by atoms with van der Waals surface area (Å²) < 4.78 is 1.59. The van der Waals surface area contributed by atoms with Crippen LogP contribution < -0.4 is 0 Å². The Balaban J connectivity index is 2.41. The number of nitrogens with zero attached hydrogens (tertiary/aromatic N) is 3. The Labute approximate surface area is 112 Å². The van der Waals surface area contributed by atoms with Crippen LogP contribution in [-0.2, 0) is 7.05 Å². The Morgan fingerprint density at radius 1 is 1.42 bits per heavy atom. The summed E-state index contributed by atoms with van der Waals surface area (Å²) in [5.74, 6) is -0.971. The van der Waals surface area contributed by atoms with Crippen LogP contribution >= 0.6 is 0 Å². The van der Waals surface area contributed by atoms with Gasteiger partial charge in [-0.1, -0.05) is 29.8 Å². The second kappa shape index (κ2) is 5.07. The molecule has 1 heterocycles. The highest BCUT2D eigenvalue weighted by atomic mass is 16.1. The molecule has 0 amide bonds. The molecule has 0 bridgehead atoms. The molecule has 4 nitrogen and oxygen atoms in total. The molecule has 1 aromatic carbocycles. The van der Waals surface area contributed by atoms with E-state index in [1.54, 1.807) is 24.9 Å². The average Bonchev–Trinajstić information content (AvgIpc) is 2.69. The number of nitriles is 1. The van der Waals surface area contributed by atoms with Crippen LogP contribution in [0.15, 0.2) is 30.5 Å². The molecule has 0 aliphatic heterocycles. The molecule has 0 fully saturated rings. The van der Waals surface area contributed by atoms with E-state index in [-0.39, 0.29) is 5.78 Å². The van der Waals surface area contributed by atoms with Crippen molar-refractivity contribution >= 4 is 5.78 Å². The summed E-state index contributed by atoms with van der Waals surface area (Å²) in [5, 5.41) is 13.4. The van der Waals surface area contributed by atoms with Crippen molar-refractivity contribution in [3.05, 3.63) is 52.8 Å². The maximum absolute atomic E-state index is 12.4. The van der Waals surface area contributed by atoms with Gasteiger partial charge in [-0.05, 0) is 19.4 Å². The van der Waals surface area contributed by atoms with Crippen molar-refractivity contribution in [1.82, 2.24) is 9.78 Å². The quantitative estimate of drug-likeness (QED) is 0.790. The number of aromatic nitrogens is 2. The maximum Gasteiger partial charge on any atom is 0.187 e. The molecule has 0 aliphatic rings. The van der Waals surface area contributed by atoms with Crippen LogP contribution in [0, 0.1) is 25.2 Å². The minimum absolute atomic E-state index is 0.196. The number of Topliss-reactive ketones (excluding diaryl/α,β-unsaturated/α-hetero) is 1. The van der Waals surface area contributed by atoms with Crippen LogP contribution in [0.2, 0.25) is 0 Å². The number of rotatable bonds is 3. The molecule has 2 aromatic rings. The molecule has 19 heavy (non-hydrogen) atoms. The predicted molar refractivity (Wildman–Crippen MR) is 71.8 cm³/mol. The standard InChI is InChI=1S/C15H15N3O/c1-10-5-4-6-12(7-10)13(8-16)15(19)14-9-18(3)17-11(14)2/h4-7,9,13H,1-3H3. The average molecular weight is 253 g/mol. The lowest BCUT2D eigenvalue weighted by Gasteiger charge is -2.08. The zero-order valence-corrected chi connectivity index (χ0v) is 11.2. The van der Waals surface area contributed by atoms with Gasteiger partial charge in [0.25, 0.3) is 0 Å². The fraction of sp³-hybridized carbons (Fsp3) is 0.267. The van der Waals surface area contributed by atoms with Crippen molar-refractivity contribution in [2.75, 3.05) is 0 Å². The highest BCUT2D eigenvalue weighted by Gasteiger charge is 2.24. The Bertz CT molecular complexity index is 664. The zero-order chi connectivity index (χ0) is 14.0. The minimum atomic E-state index is -0.775. The van der Waals surface area contributed by atoms with Gasteiger partial charge in [-0.25, -0.2) is 0 Å². The molecule has 0 saturated carbocycles. The lowest BCUT2D eigenvalue weighted by atomic mass is 9.91. The number of benzene rings is 1. The Hall–Kier alpha value is -2.41.